The second-order valence-corrected chi connectivity index (χ2v) is 6.23. The molecule has 144 valence electrons. The Morgan fingerprint density at radius 3 is 2.67 bits per heavy atom. The van der Waals surface area contributed by atoms with E-state index in [0.717, 1.165) is 30.2 Å². The molecule has 0 radical (unpaired) electrons. The van der Waals surface area contributed by atoms with Gasteiger partial charge in [0.25, 0.3) is 0 Å². The predicted octanol–water partition coefficient (Wildman–Crippen LogP) is 4.01. The normalized spacial score (nSPS) is 11.1. The zero-order valence-corrected chi connectivity index (χ0v) is 18.3. The molecule has 3 N–H and O–H groups in total. The molecule has 27 heavy (non-hydrogen) atoms. The van der Waals surface area contributed by atoms with Gasteiger partial charge in [-0.25, -0.2) is 0 Å². The molecule has 0 aliphatic heterocycles. The molecule has 0 saturated carbocycles. The largest absolute Gasteiger partial charge is 0.496 e. The van der Waals surface area contributed by atoms with Crippen molar-refractivity contribution in [3.8, 4) is 5.75 Å². The van der Waals surface area contributed by atoms with Crippen molar-refractivity contribution in [3.05, 3.63) is 65.4 Å². The monoisotopic (exact) mass is 478 g/mol. The number of methoxy groups -OCH3 is 1. The lowest BCUT2D eigenvalue weighted by Gasteiger charge is -2.13. The van der Waals surface area contributed by atoms with Crippen LogP contribution in [0.2, 0.25) is 0 Å². The van der Waals surface area contributed by atoms with E-state index in [0.29, 0.717) is 6.54 Å². The number of nitrogens with zero attached hydrogens (tertiary/aromatic N) is 1. The van der Waals surface area contributed by atoms with Crippen LogP contribution >= 0.6 is 24.0 Å². The molecule has 3 rings (SSSR count). The number of hydrogen-bond acceptors (Lipinski definition) is 2. The predicted molar refractivity (Wildman–Crippen MR) is 123 cm³/mol. The summed E-state index contributed by atoms with van der Waals surface area (Å²) in [6.07, 6.45) is 3.03. The van der Waals surface area contributed by atoms with Crippen molar-refractivity contribution < 1.29 is 4.74 Å². The fourth-order valence-corrected chi connectivity index (χ4v) is 3.13. The van der Waals surface area contributed by atoms with Gasteiger partial charge in [0.15, 0.2) is 5.96 Å². The first-order valence-electron chi connectivity index (χ1n) is 8.85. The third-order valence-corrected chi connectivity index (χ3v) is 4.56. The van der Waals surface area contributed by atoms with Crippen LogP contribution in [0.15, 0.2) is 53.7 Å². The highest BCUT2D eigenvalue weighted by atomic mass is 127. The molecular weight excluding hydrogens is 451 g/mol. The SMILES string of the molecule is CN=C(NCCc1c[nH]c2c(C)cccc12)NCc1ccccc1OC.I. The van der Waals surface area contributed by atoms with Crippen LogP contribution < -0.4 is 15.4 Å². The standard InChI is InChI=1S/C21H26N4O.HI/c1-15-7-6-9-18-16(13-24-20(15)18)11-12-23-21(22-2)25-14-17-8-4-5-10-19(17)26-3;/h4-10,13,24H,11-12,14H2,1-3H3,(H2,22,23,25);1H. The van der Waals surface area contributed by atoms with Crippen LogP contribution in [-0.2, 0) is 13.0 Å². The van der Waals surface area contributed by atoms with Crippen molar-refractivity contribution in [1.29, 1.82) is 0 Å². The number of hydrogen-bond donors (Lipinski definition) is 3. The van der Waals surface area contributed by atoms with E-state index in [9.17, 15) is 0 Å². The smallest absolute Gasteiger partial charge is 0.191 e. The number of ether oxygens (including phenoxy) is 1. The van der Waals surface area contributed by atoms with Crippen molar-refractivity contribution in [2.45, 2.75) is 19.9 Å². The third kappa shape index (κ3) is 5.15. The van der Waals surface area contributed by atoms with Gasteiger partial charge in [-0.15, -0.1) is 24.0 Å². The van der Waals surface area contributed by atoms with E-state index in [1.54, 1.807) is 14.2 Å². The zero-order valence-electron chi connectivity index (χ0n) is 16.0. The minimum Gasteiger partial charge on any atom is -0.496 e. The summed E-state index contributed by atoms with van der Waals surface area (Å²) in [5, 5.41) is 8.01. The number of aromatic amines is 1. The summed E-state index contributed by atoms with van der Waals surface area (Å²) in [6.45, 7) is 3.60. The Labute approximate surface area is 177 Å². The lowest BCUT2D eigenvalue weighted by atomic mass is 10.1. The Bertz CT molecular complexity index is 904. The average molecular weight is 478 g/mol. The molecule has 0 bridgehead atoms. The van der Waals surface area contributed by atoms with Gasteiger partial charge in [-0.3, -0.25) is 4.99 Å². The van der Waals surface area contributed by atoms with Crippen LogP contribution in [0.1, 0.15) is 16.7 Å². The van der Waals surface area contributed by atoms with Gasteiger partial charge in [0.1, 0.15) is 5.75 Å². The summed E-state index contributed by atoms with van der Waals surface area (Å²) < 4.78 is 5.39. The first-order valence-corrected chi connectivity index (χ1v) is 8.85. The van der Waals surface area contributed by atoms with Crippen molar-refractivity contribution in [1.82, 2.24) is 15.6 Å². The molecule has 1 aromatic heterocycles. The van der Waals surface area contributed by atoms with Crippen LogP contribution in [0.4, 0.5) is 0 Å². The van der Waals surface area contributed by atoms with Gasteiger partial charge in [-0.1, -0.05) is 36.4 Å². The first-order chi connectivity index (χ1) is 12.7. The van der Waals surface area contributed by atoms with Crippen LogP contribution in [0, 0.1) is 6.92 Å². The molecule has 1 heterocycles. The molecule has 6 heteroatoms. The number of para-hydroxylation sites is 2. The van der Waals surface area contributed by atoms with Gasteiger partial charge in [0.05, 0.1) is 7.11 Å². The number of nitrogens with one attached hydrogen (secondary N) is 3. The number of rotatable bonds is 6. The Kier molecular flexibility index (Phi) is 7.97. The maximum atomic E-state index is 5.39. The van der Waals surface area contributed by atoms with Gasteiger partial charge in [0, 0.05) is 42.8 Å². The molecule has 2 aromatic carbocycles. The van der Waals surface area contributed by atoms with Crippen molar-refractivity contribution in [3.63, 3.8) is 0 Å². The summed E-state index contributed by atoms with van der Waals surface area (Å²) in [7, 11) is 3.47. The lowest BCUT2D eigenvalue weighted by molar-refractivity contribution is 0.409. The highest BCUT2D eigenvalue weighted by Crippen LogP contribution is 2.21. The topological polar surface area (TPSA) is 61.4 Å². The number of aliphatic imine (C=N–C) groups is 1. The lowest BCUT2D eigenvalue weighted by Crippen LogP contribution is -2.37. The highest BCUT2D eigenvalue weighted by molar-refractivity contribution is 14.0. The zero-order chi connectivity index (χ0) is 18.4. The molecule has 0 unspecified atom stereocenters. The van der Waals surface area contributed by atoms with Crippen LogP contribution in [0.25, 0.3) is 10.9 Å². The van der Waals surface area contributed by atoms with Gasteiger partial charge in [-0.2, -0.15) is 0 Å². The summed E-state index contributed by atoms with van der Waals surface area (Å²) in [5.74, 6) is 1.66. The van der Waals surface area contributed by atoms with Crippen molar-refractivity contribution in [2.75, 3.05) is 20.7 Å². The molecule has 0 fully saturated rings. The van der Waals surface area contributed by atoms with E-state index in [2.05, 4.69) is 51.9 Å². The number of H-pyrrole nitrogens is 1. The van der Waals surface area contributed by atoms with Gasteiger partial charge in [-0.05, 0) is 30.5 Å². The highest BCUT2D eigenvalue weighted by Gasteiger charge is 2.06. The molecule has 5 nitrogen and oxygen atoms in total. The van der Waals surface area contributed by atoms with E-state index in [4.69, 9.17) is 4.74 Å². The Balaban J connectivity index is 0.00000261. The molecule has 3 aromatic rings. The van der Waals surface area contributed by atoms with E-state index >= 15 is 0 Å². The van der Waals surface area contributed by atoms with Crippen molar-refractivity contribution in [2.24, 2.45) is 4.99 Å². The van der Waals surface area contributed by atoms with E-state index in [1.807, 2.05) is 24.3 Å². The van der Waals surface area contributed by atoms with Crippen molar-refractivity contribution >= 4 is 40.8 Å². The molecule has 0 aliphatic carbocycles. The van der Waals surface area contributed by atoms with Gasteiger partial charge >= 0.3 is 0 Å². The Morgan fingerprint density at radius 2 is 1.89 bits per heavy atom. The number of aryl methyl sites for hydroxylation is 1. The second kappa shape index (κ2) is 10.2. The van der Waals surface area contributed by atoms with Gasteiger partial charge < -0.3 is 20.4 Å². The molecule has 0 spiro atoms. The minimum absolute atomic E-state index is 0. The third-order valence-electron chi connectivity index (χ3n) is 4.56. The van der Waals surface area contributed by atoms with Crippen LogP contribution in [-0.4, -0.2) is 31.6 Å². The van der Waals surface area contributed by atoms with E-state index < -0.39 is 0 Å². The molecule has 0 atom stereocenters. The van der Waals surface area contributed by atoms with E-state index in [-0.39, 0.29) is 24.0 Å². The number of benzene rings is 2. The Hall–Kier alpha value is -2.22. The molecule has 0 saturated heterocycles. The molecular formula is C21H27IN4O. The quantitative estimate of drug-likeness (QED) is 0.285. The fourth-order valence-electron chi connectivity index (χ4n) is 3.13. The van der Waals surface area contributed by atoms with E-state index in [1.165, 1.54) is 22.0 Å². The first kappa shape index (κ1) is 21.1. The number of fused-ring (bicyclic) bond motifs is 1. The number of halogens is 1. The number of guanidine groups is 1. The maximum absolute atomic E-state index is 5.39. The minimum atomic E-state index is 0. The average Bonchev–Trinajstić information content (AvgIpc) is 3.09. The maximum Gasteiger partial charge on any atom is 0.191 e. The van der Waals surface area contributed by atoms with Crippen LogP contribution in [0.3, 0.4) is 0 Å². The summed E-state index contributed by atoms with van der Waals surface area (Å²) in [6, 6.07) is 14.4. The molecule has 0 aliphatic rings. The number of aromatic nitrogens is 1. The second-order valence-electron chi connectivity index (χ2n) is 6.23. The van der Waals surface area contributed by atoms with Crippen LogP contribution in [0.5, 0.6) is 5.75 Å². The summed E-state index contributed by atoms with van der Waals surface area (Å²) in [4.78, 5) is 7.68. The fraction of sp³-hybridized carbons (Fsp3) is 0.286. The molecule has 0 amide bonds. The Morgan fingerprint density at radius 1 is 1.07 bits per heavy atom. The van der Waals surface area contributed by atoms with Gasteiger partial charge in [0.2, 0.25) is 0 Å². The summed E-state index contributed by atoms with van der Waals surface area (Å²) >= 11 is 0. The summed E-state index contributed by atoms with van der Waals surface area (Å²) in [5.41, 5.74) is 4.92.